The third-order valence-electron chi connectivity index (χ3n) is 3.85. The second-order valence-corrected chi connectivity index (χ2v) is 9.20. The van der Waals surface area contributed by atoms with E-state index in [1.807, 2.05) is 71.9 Å². The van der Waals surface area contributed by atoms with Crippen molar-refractivity contribution in [2.45, 2.75) is 66.1 Å². The summed E-state index contributed by atoms with van der Waals surface area (Å²) >= 11 is 0. The number of ether oxygens (including phenoxy) is 3. The minimum absolute atomic E-state index is 0.0752. The predicted octanol–water partition coefficient (Wildman–Crippen LogP) is 6.73. The quantitative estimate of drug-likeness (QED) is 0.358. The molecule has 4 heteroatoms. The molecule has 0 radical (unpaired) electrons. The molecule has 0 aliphatic carbocycles. The number of allylic oxidation sites excluding steroid dienone is 1. The molecule has 0 amide bonds. The van der Waals surface area contributed by atoms with Crippen LogP contribution in [0.3, 0.4) is 0 Å². The molecule has 2 aromatic carbocycles. The first-order valence-electron chi connectivity index (χ1n) is 10.4. The van der Waals surface area contributed by atoms with E-state index in [1.165, 1.54) is 0 Å². The number of ketones is 1. The molecule has 162 valence electrons. The zero-order chi connectivity index (χ0) is 22.4. The lowest BCUT2D eigenvalue weighted by Crippen LogP contribution is -2.24. The molecular formula is C26H34O4. The summed E-state index contributed by atoms with van der Waals surface area (Å²) in [7, 11) is 0. The Morgan fingerprint density at radius 3 is 2.03 bits per heavy atom. The van der Waals surface area contributed by atoms with Crippen LogP contribution in [0, 0.1) is 0 Å². The van der Waals surface area contributed by atoms with Crippen LogP contribution in [0.15, 0.2) is 48.5 Å². The molecular weight excluding hydrogens is 376 g/mol. The highest BCUT2D eigenvalue weighted by Gasteiger charge is 2.17. The second-order valence-electron chi connectivity index (χ2n) is 9.20. The fourth-order valence-electron chi connectivity index (χ4n) is 2.68. The smallest absolute Gasteiger partial charge is 0.185 e. The van der Waals surface area contributed by atoms with Gasteiger partial charge in [-0.3, -0.25) is 4.79 Å². The van der Waals surface area contributed by atoms with E-state index in [4.69, 9.17) is 14.2 Å². The number of benzene rings is 2. The SMILES string of the molecule is CCCOc1ccc(C(=O)/C=C\c2ccc(OC(C)(C)C)cc2OC(C)(C)C)cc1. The third-order valence-corrected chi connectivity index (χ3v) is 3.85. The Kier molecular flexibility index (Phi) is 7.71. The van der Waals surface area contributed by atoms with Crippen LogP contribution in [0.2, 0.25) is 0 Å². The topological polar surface area (TPSA) is 44.8 Å². The molecule has 0 bridgehead atoms. The highest BCUT2D eigenvalue weighted by atomic mass is 16.5. The number of hydrogen-bond donors (Lipinski definition) is 0. The minimum atomic E-state index is -0.374. The van der Waals surface area contributed by atoms with Crippen LogP contribution in [0.25, 0.3) is 6.08 Å². The van der Waals surface area contributed by atoms with Crippen molar-refractivity contribution in [3.63, 3.8) is 0 Å². The van der Waals surface area contributed by atoms with E-state index in [9.17, 15) is 4.79 Å². The Hall–Kier alpha value is -2.75. The van der Waals surface area contributed by atoms with Gasteiger partial charge in [-0.15, -0.1) is 0 Å². The van der Waals surface area contributed by atoms with Crippen molar-refractivity contribution >= 4 is 11.9 Å². The van der Waals surface area contributed by atoms with Crippen LogP contribution < -0.4 is 14.2 Å². The molecule has 0 fully saturated rings. The van der Waals surface area contributed by atoms with E-state index in [0.717, 1.165) is 23.5 Å². The molecule has 0 heterocycles. The van der Waals surface area contributed by atoms with Gasteiger partial charge in [0.2, 0.25) is 0 Å². The van der Waals surface area contributed by atoms with Crippen LogP contribution in [-0.2, 0) is 0 Å². The van der Waals surface area contributed by atoms with E-state index < -0.39 is 0 Å². The van der Waals surface area contributed by atoms with Gasteiger partial charge in [-0.05, 0) is 96.5 Å². The molecule has 0 aromatic heterocycles. The highest BCUT2D eigenvalue weighted by Crippen LogP contribution is 2.31. The Labute approximate surface area is 180 Å². The van der Waals surface area contributed by atoms with Gasteiger partial charge < -0.3 is 14.2 Å². The summed E-state index contributed by atoms with van der Waals surface area (Å²) in [4.78, 5) is 12.6. The molecule has 4 nitrogen and oxygen atoms in total. The minimum Gasteiger partial charge on any atom is -0.494 e. The Morgan fingerprint density at radius 1 is 0.867 bits per heavy atom. The lowest BCUT2D eigenvalue weighted by Gasteiger charge is -2.25. The molecule has 0 saturated carbocycles. The number of rotatable bonds is 8. The molecule has 0 N–H and O–H groups in total. The summed E-state index contributed by atoms with van der Waals surface area (Å²) in [6.07, 6.45) is 4.30. The Balaban J connectivity index is 2.22. The maximum absolute atomic E-state index is 12.6. The second kappa shape index (κ2) is 9.84. The average molecular weight is 411 g/mol. The first-order chi connectivity index (χ1) is 14.0. The lowest BCUT2D eigenvalue weighted by molar-refractivity contribution is 0.104. The molecule has 0 aliphatic rings. The Morgan fingerprint density at radius 2 is 1.47 bits per heavy atom. The summed E-state index contributed by atoms with van der Waals surface area (Å²) in [6.45, 7) is 14.7. The molecule has 2 rings (SSSR count). The van der Waals surface area contributed by atoms with Crippen LogP contribution in [0.1, 0.15) is 70.8 Å². The standard InChI is InChI=1S/C26H34O4/c1-8-17-28-21-13-9-19(10-14-21)23(27)16-12-20-11-15-22(29-25(2,3)4)18-24(20)30-26(5,6)7/h9-16,18H,8,17H2,1-7H3/b16-12-. The monoisotopic (exact) mass is 410 g/mol. The average Bonchev–Trinajstić information content (AvgIpc) is 2.63. The van der Waals surface area contributed by atoms with Gasteiger partial charge in [-0.2, -0.15) is 0 Å². The summed E-state index contributed by atoms with van der Waals surface area (Å²) in [5.74, 6) is 2.10. The van der Waals surface area contributed by atoms with Gasteiger partial charge in [0.25, 0.3) is 0 Å². The zero-order valence-electron chi connectivity index (χ0n) is 19.2. The molecule has 0 saturated heterocycles. The van der Waals surface area contributed by atoms with Crippen molar-refractivity contribution in [2.75, 3.05) is 6.61 Å². The number of carbonyl (C=O) groups excluding carboxylic acids is 1. The van der Waals surface area contributed by atoms with Gasteiger partial charge >= 0.3 is 0 Å². The molecule has 0 aliphatic heterocycles. The van der Waals surface area contributed by atoms with Crippen LogP contribution >= 0.6 is 0 Å². The number of hydrogen-bond acceptors (Lipinski definition) is 4. The van der Waals surface area contributed by atoms with Gasteiger partial charge in [0, 0.05) is 17.2 Å². The summed E-state index contributed by atoms with van der Waals surface area (Å²) < 4.78 is 17.7. The highest BCUT2D eigenvalue weighted by molar-refractivity contribution is 6.07. The summed E-state index contributed by atoms with van der Waals surface area (Å²) in [5.41, 5.74) is 0.754. The molecule has 0 spiro atoms. The van der Waals surface area contributed by atoms with Crippen molar-refractivity contribution in [1.29, 1.82) is 0 Å². The van der Waals surface area contributed by atoms with Crippen molar-refractivity contribution in [3.05, 3.63) is 59.7 Å². The summed E-state index contributed by atoms with van der Waals surface area (Å²) in [5, 5.41) is 0. The zero-order valence-corrected chi connectivity index (χ0v) is 19.2. The molecule has 0 unspecified atom stereocenters. The van der Waals surface area contributed by atoms with E-state index in [0.29, 0.717) is 17.9 Å². The van der Waals surface area contributed by atoms with Gasteiger partial charge in [-0.25, -0.2) is 0 Å². The molecule has 0 atom stereocenters. The van der Waals surface area contributed by atoms with Crippen molar-refractivity contribution in [3.8, 4) is 17.2 Å². The van der Waals surface area contributed by atoms with Gasteiger partial charge in [-0.1, -0.05) is 6.92 Å². The van der Waals surface area contributed by atoms with Crippen molar-refractivity contribution in [1.82, 2.24) is 0 Å². The van der Waals surface area contributed by atoms with Gasteiger partial charge in [0.15, 0.2) is 5.78 Å². The van der Waals surface area contributed by atoms with Crippen LogP contribution in [0.4, 0.5) is 0 Å². The van der Waals surface area contributed by atoms with Crippen molar-refractivity contribution in [2.24, 2.45) is 0 Å². The third kappa shape index (κ3) is 7.94. The van der Waals surface area contributed by atoms with Crippen LogP contribution in [0.5, 0.6) is 17.2 Å². The maximum Gasteiger partial charge on any atom is 0.185 e. The normalized spacial score (nSPS) is 12.1. The van der Waals surface area contributed by atoms with Crippen LogP contribution in [-0.4, -0.2) is 23.6 Å². The molecule has 30 heavy (non-hydrogen) atoms. The van der Waals surface area contributed by atoms with Gasteiger partial charge in [0.05, 0.1) is 6.61 Å². The van der Waals surface area contributed by atoms with Crippen molar-refractivity contribution < 1.29 is 19.0 Å². The van der Waals surface area contributed by atoms with E-state index in [-0.39, 0.29) is 17.0 Å². The lowest BCUT2D eigenvalue weighted by atomic mass is 10.1. The van der Waals surface area contributed by atoms with E-state index in [1.54, 1.807) is 24.3 Å². The first-order valence-corrected chi connectivity index (χ1v) is 10.4. The van der Waals surface area contributed by atoms with Gasteiger partial charge in [0.1, 0.15) is 28.5 Å². The van der Waals surface area contributed by atoms with E-state index in [2.05, 4.69) is 6.92 Å². The fraction of sp³-hybridized carbons (Fsp3) is 0.423. The van der Waals surface area contributed by atoms with E-state index >= 15 is 0 Å². The predicted molar refractivity (Wildman–Crippen MR) is 123 cm³/mol. The Bertz CT molecular complexity index is 865. The maximum atomic E-state index is 12.6. The first kappa shape index (κ1) is 23.5. The largest absolute Gasteiger partial charge is 0.494 e. The fourth-order valence-corrected chi connectivity index (χ4v) is 2.68. The number of carbonyl (C=O) groups is 1. The molecule has 2 aromatic rings. The summed E-state index contributed by atoms with van der Waals surface area (Å²) in [6, 6.07) is 12.9.